The molecule has 9 nitrogen and oxygen atoms in total. The molecule has 0 aromatic heterocycles. The largest absolute Gasteiger partial charge is 1.00 e. The van der Waals surface area contributed by atoms with E-state index in [1.807, 2.05) is 0 Å². The van der Waals surface area contributed by atoms with E-state index in [-0.39, 0.29) is 64.9 Å². The van der Waals surface area contributed by atoms with Crippen LogP contribution in [0.4, 0.5) is 0 Å². The summed E-state index contributed by atoms with van der Waals surface area (Å²) >= 11 is 0. The fraction of sp³-hybridized carbons (Fsp3) is 0.333. The molecule has 130 valence electrons. The van der Waals surface area contributed by atoms with Gasteiger partial charge in [0.25, 0.3) is 0 Å². The molecule has 1 aromatic rings. The number of hydrogen-bond donors (Lipinski definition) is 3. The van der Waals surface area contributed by atoms with Crippen LogP contribution in [0.1, 0.15) is 5.56 Å². The van der Waals surface area contributed by atoms with Crippen molar-refractivity contribution in [3.63, 3.8) is 0 Å². The van der Waals surface area contributed by atoms with Gasteiger partial charge in [0.2, 0.25) is 6.29 Å². The SMILES string of the molecule is O=C([O-])/C=C/c1ccc(O[C@@H]2O[C@H](C(=O)[O-])[C@@H](O)[C@H](O)[C@H]2O)cc1.[Na+].[Na+]. The molecule has 1 aliphatic heterocycles. The van der Waals surface area contributed by atoms with E-state index in [2.05, 4.69) is 0 Å². The van der Waals surface area contributed by atoms with Gasteiger partial charge < -0.3 is 44.6 Å². The molecule has 0 amide bonds. The van der Waals surface area contributed by atoms with Crippen molar-refractivity contribution >= 4 is 18.0 Å². The zero-order valence-corrected chi connectivity index (χ0v) is 18.1. The number of carbonyl (C=O) groups excluding carboxylic acids is 2. The zero-order chi connectivity index (χ0) is 17.9. The van der Waals surface area contributed by atoms with Crippen LogP contribution in [0.15, 0.2) is 30.3 Å². The Balaban J connectivity index is 0.00000312. The van der Waals surface area contributed by atoms with Crippen molar-refractivity contribution in [1.29, 1.82) is 0 Å². The molecule has 3 N–H and O–H groups in total. The van der Waals surface area contributed by atoms with Gasteiger partial charge in [-0.05, 0) is 23.8 Å². The van der Waals surface area contributed by atoms with Crippen LogP contribution < -0.4 is 74.1 Å². The normalized spacial score (nSPS) is 27.9. The summed E-state index contributed by atoms with van der Waals surface area (Å²) in [6.45, 7) is 0. The first-order valence-corrected chi connectivity index (χ1v) is 6.86. The Kier molecular flexibility index (Phi) is 11.2. The summed E-state index contributed by atoms with van der Waals surface area (Å²) < 4.78 is 10.2. The number of ether oxygens (including phenoxy) is 2. The summed E-state index contributed by atoms with van der Waals surface area (Å²) in [4.78, 5) is 21.2. The van der Waals surface area contributed by atoms with Crippen molar-refractivity contribution < 1.29 is 104 Å². The van der Waals surface area contributed by atoms with E-state index in [1.165, 1.54) is 30.3 Å². The van der Waals surface area contributed by atoms with Crippen LogP contribution in [-0.2, 0) is 14.3 Å². The third-order valence-electron chi connectivity index (χ3n) is 3.35. The number of rotatable bonds is 5. The molecular weight excluding hydrogens is 370 g/mol. The van der Waals surface area contributed by atoms with E-state index in [4.69, 9.17) is 9.47 Å². The second kappa shape index (κ2) is 11.4. The predicted octanol–water partition coefficient (Wildman–Crippen LogP) is -9.61. The quantitative estimate of drug-likeness (QED) is 0.331. The van der Waals surface area contributed by atoms with E-state index in [9.17, 15) is 35.1 Å². The second-order valence-corrected chi connectivity index (χ2v) is 5.06. The Morgan fingerprint density at radius 1 is 1.00 bits per heavy atom. The summed E-state index contributed by atoms with van der Waals surface area (Å²) in [5.74, 6) is -2.95. The molecule has 1 heterocycles. The number of carbonyl (C=O) groups is 2. The Hall–Kier alpha value is -0.460. The van der Waals surface area contributed by atoms with Gasteiger partial charge in [0.05, 0.1) is 11.9 Å². The molecule has 0 unspecified atom stereocenters. The topological polar surface area (TPSA) is 159 Å². The third kappa shape index (κ3) is 6.61. The summed E-state index contributed by atoms with van der Waals surface area (Å²) in [6, 6.07) is 5.81. The van der Waals surface area contributed by atoms with Gasteiger partial charge in [0.15, 0.2) is 0 Å². The van der Waals surface area contributed by atoms with Gasteiger partial charge in [-0.25, -0.2) is 0 Å². The molecule has 0 bridgehead atoms. The van der Waals surface area contributed by atoms with Gasteiger partial charge in [0, 0.05) is 0 Å². The van der Waals surface area contributed by atoms with Crippen LogP contribution in [0, 0.1) is 0 Å². The summed E-state index contributed by atoms with van der Waals surface area (Å²) in [6.07, 6.45) is -6.62. The molecule has 0 radical (unpaired) electrons. The van der Waals surface area contributed by atoms with Crippen molar-refractivity contribution in [3.05, 3.63) is 35.9 Å². The van der Waals surface area contributed by atoms with Crippen LogP contribution in [0.3, 0.4) is 0 Å². The number of aliphatic hydroxyl groups is 3. The molecule has 2 rings (SSSR count). The van der Waals surface area contributed by atoms with Crippen molar-refractivity contribution in [2.45, 2.75) is 30.7 Å². The van der Waals surface area contributed by atoms with Crippen LogP contribution >= 0.6 is 0 Å². The van der Waals surface area contributed by atoms with Gasteiger partial charge in [-0.1, -0.05) is 18.2 Å². The third-order valence-corrected chi connectivity index (χ3v) is 3.35. The molecular formula is C15H14Na2O9. The van der Waals surface area contributed by atoms with E-state index in [0.717, 1.165) is 6.08 Å². The molecule has 1 aliphatic rings. The predicted molar refractivity (Wildman–Crippen MR) is 72.8 cm³/mol. The second-order valence-electron chi connectivity index (χ2n) is 5.06. The molecule has 5 atom stereocenters. The molecule has 26 heavy (non-hydrogen) atoms. The molecule has 1 saturated heterocycles. The van der Waals surface area contributed by atoms with Crippen molar-refractivity contribution in [3.8, 4) is 5.75 Å². The van der Waals surface area contributed by atoms with Gasteiger partial charge in [-0.3, -0.25) is 0 Å². The van der Waals surface area contributed by atoms with Crippen LogP contribution in [-0.4, -0.2) is 58.0 Å². The summed E-state index contributed by atoms with van der Waals surface area (Å²) in [5.41, 5.74) is 0.528. The van der Waals surface area contributed by atoms with Gasteiger partial charge in [-0.15, -0.1) is 0 Å². The smallest absolute Gasteiger partial charge is 0.547 e. The van der Waals surface area contributed by atoms with Crippen molar-refractivity contribution in [2.75, 3.05) is 0 Å². The molecule has 0 aliphatic carbocycles. The minimum Gasteiger partial charge on any atom is -0.547 e. The maximum atomic E-state index is 10.9. The van der Waals surface area contributed by atoms with E-state index in [0.29, 0.717) is 5.56 Å². The number of aliphatic carboxylic acids is 2. The van der Waals surface area contributed by atoms with Crippen LogP contribution in [0.25, 0.3) is 6.08 Å². The average Bonchev–Trinajstić information content (AvgIpc) is 2.54. The number of carboxylic acid groups (broad SMARTS) is 2. The molecule has 1 aromatic carbocycles. The van der Waals surface area contributed by atoms with Gasteiger partial charge >= 0.3 is 59.1 Å². The fourth-order valence-electron chi connectivity index (χ4n) is 2.10. The van der Waals surface area contributed by atoms with Crippen molar-refractivity contribution in [1.82, 2.24) is 0 Å². The molecule has 11 heteroatoms. The van der Waals surface area contributed by atoms with E-state index < -0.39 is 42.6 Å². The van der Waals surface area contributed by atoms with E-state index >= 15 is 0 Å². The Labute approximate surface area is 192 Å². The molecule has 1 fully saturated rings. The molecule has 0 spiro atoms. The first-order chi connectivity index (χ1) is 11.3. The van der Waals surface area contributed by atoms with Crippen LogP contribution in [0.2, 0.25) is 0 Å². The number of aliphatic hydroxyl groups excluding tert-OH is 3. The Bertz CT molecular complexity index is 635. The number of benzene rings is 1. The summed E-state index contributed by atoms with van der Waals surface area (Å²) in [5, 5.41) is 50.2. The first-order valence-electron chi connectivity index (χ1n) is 6.86. The maximum Gasteiger partial charge on any atom is 1.00 e. The molecule has 0 saturated carbocycles. The van der Waals surface area contributed by atoms with E-state index in [1.54, 1.807) is 0 Å². The minimum atomic E-state index is -1.86. The number of hydrogen-bond acceptors (Lipinski definition) is 9. The van der Waals surface area contributed by atoms with Crippen LogP contribution in [0.5, 0.6) is 5.75 Å². The number of carboxylic acids is 2. The Morgan fingerprint density at radius 2 is 1.58 bits per heavy atom. The van der Waals surface area contributed by atoms with Gasteiger partial charge in [0.1, 0.15) is 30.2 Å². The fourth-order valence-corrected chi connectivity index (χ4v) is 2.10. The Morgan fingerprint density at radius 3 is 2.08 bits per heavy atom. The van der Waals surface area contributed by atoms with Crippen molar-refractivity contribution in [2.24, 2.45) is 0 Å². The maximum absolute atomic E-state index is 10.9. The minimum absolute atomic E-state index is 0. The monoisotopic (exact) mass is 384 g/mol. The average molecular weight is 384 g/mol. The first kappa shape index (κ1) is 25.5. The summed E-state index contributed by atoms with van der Waals surface area (Å²) in [7, 11) is 0. The zero-order valence-electron chi connectivity index (χ0n) is 14.1. The standard InChI is InChI=1S/C15H16O9.2Na/c16-9(17)6-3-7-1-4-8(5-2-7)23-15-12(20)10(18)11(19)13(24-15)14(21)22;;/h1-6,10-13,15,18-20H,(H,16,17)(H,21,22);;/q;2*+1/p-2/b6-3+;;/t10-,11-,12+,13-,15+;;/m0../s1. The van der Waals surface area contributed by atoms with Gasteiger partial charge in [-0.2, -0.15) is 0 Å².